The van der Waals surface area contributed by atoms with Gasteiger partial charge in [0.2, 0.25) is 0 Å². The van der Waals surface area contributed by atoms with E-state index in [0.717, 1.165) is 6.42 Å². The Labute approximate surface area is 156 Å². The number of hydrogen-bond donors (Lipinski definition) is 1. The molecule has 1 aliphatic rings. The predicted octanol–water partition coefficient (Wildman–Crippen LogP) is 0.964. The van der Waals surface area contributed by atoms with E-state index in [2.05, 4.69) is 5.10 Å². The summed E-state index contributed by atoms with van der Waals surface area (Å²) >= 11 is 0. The highest BCUT2D eigenvalue weighted by Gasteiger charge is 2.38. The van der Waals surface area contributed by atoms with Gasteiger partial charge in [0, 0.05) is 41.9 Å². The summed E-state index contributed by atoms with van der Waals surface area (Å²) in [6.07, 6.45) is 1.32. The topological polar surface area (TPSA) is 75.4 Å². The molecule has 1 aliphatic heterocycles. The molecule has 0 aliphatic carbocycles. The van der Waals surface area contributed by atoms with Crippen LogP contribution in [0.2, 0.25) is 5.54 Å². The van der Waals surface area contributed by atoms with Gasteiger partial charge in [-0.05, 0) is 37.8 Å². The minimum atomic E-state index is -1.12. The van der Waals surface area contributed by atoms with E-state index in [1.165, 1.54) is 4.68 Å². The van der Waals surface area contributed by atoms with Gasteiger partial charge in [0.25, 0.3) is 5.56 Å². The Balaban J connectivity index is 2.22. The number of aliphatic carboxylic acids is 1. The van der Waals surface area contributed by atoms with Crippen molar-refractivity contribution < 1.29 is 14.3 Å². The number of carboxylic acids is 1. The van der Waals surface area contributed by atoms with Gasteiger partial charge < -0.3 is 5.11 Å². The first-order valence-corrected chi connectivity index (χ1v) is 10.4. The number of aromatic nitrogens is 2. The van der Waals surface area contributed by atoms with Crippen molar-refractivity contribution in [1.82, 2.24) is 14.7 Å². The molecule has 0 aromatic carbocycles. The van der Waals surface area contributed by atoms with E-state index < -0.39 is 17.7 Å². The highest BCUT2D eigenvalue weighted by Crippen LogP contribution is 2.27. The lowest BCUT2D eigenvalue weighted by Crippen LogP contribution is -2.57. The first kappa shape index (κ1) is 20.8. The highest BCUT2D eigenvalue weighted by molar-refractivity contribution is 6.13. The second-order valence-corrected chi connectivity index (χ2v) is 9.82. The third-order valence-electron chi connectivity index (χ3n) is 4.85. The van der Waals surface area contributed by atoms with Gasteiger partial charge in [-0.3, -0.25) is 9.69 Å². The van der Waals surface area contributed by atoms with Crippen molar-refractivity contribution in [2.75, 3.05) is 19.6 Å². The van der Waals surface area contributed by atoms with Crippen molar-refractivity contribution in [3.05, 3.63) is 27.7 Å². The number of carboxylic acid groups (broad SMARTS) is 1. The minimum absolute atomic E-state index is 0.0741. The first-order chi connectivity index (χ1) is 12.0. The van der Waals surface area contributed by atoms with Crippen LogP contribution < -0.4 is 5.56 Å². The zero-order valence-electron chi connectivity index (χ0n) is 16.3. The molecule has 146 valence electrons. The Morgan fingerprint density at radius 3 is 2.58 bits per heavy atom. The number of alkyl halides is 1. The lowest BCUT2D eigenvalue weighted by Gasteiger charge is -2.42. The summed E-state index contributed by atoms with van der Waals surface area (Å²) in [7, 11) is 0.670. The fourth-order valence-electron chi connectivity index (χ4n) is 3.79. The Morgan fingerprint density at radius 2 is 2.08 bits per heavy atom. The fraction of sp³-hybridized carbons (Fsp3) is 0.722. The molecule has 0 amide bonds. The van der Waals surface area contributed by atoms with Gasteiger partial charge in [0.15, 0.2) is 6.04 Å². The highest BCUT2D eigenvalue weighted by atomic mass is 28.1. The summed E-state index contributed by atoms with van der Waals surface area (Å²) in [5.74, 6) is -0.645. The molecule has 2 rings (SSSR count). The van der Waals surface area contributed by atoms with E-state index >= 15 is 0 Å². The maximum Gasteiger partial charge on any atom is 0.328 e. The van der Waals surface area contributed by atoms with E-state index in [9.17, 15) is 19.1 Å². The van der Waals surface area contributed by atoms with E-state index in [1.807, 2.05) is 18.7 Å². The van der Waals surface area contributed by atoms with Crippen LogP contribution in [0.3, 0.4) is 0 Å². The molecule has 1 aromatic rings. The molecule has 6 nitrogen and oxygen atoms in total. The lowest BCUT2D eigenvalue weighted by molar-refractivity contribution is -0.141. The number of likely N-dealkylation sites (tertiary alicyclic amines) is 1. The standard InChI is InChI=1S/C18H30FN3O3Si/c1-11(2)7-14(26)15(17(24)25)22-16(23)12(3)8-13(20-22)5-6-21-9-18(4,19)10-21/h8,11,14-15H,5-7,9-10H2,1-4,26H3,(H,24,25)/t14?,15-/m0/s1. The van der Waals surface area contributed by atoms with Crippen molar-refractivity contribution in [2.45, 2.75) is 57.8 Å². The molecule has 8 heteroatoms. The summed E-state index contributed by atoms with van der Waals surface area (Å²) in [6.45, 7) is 8.83. The molecule has 0 spiro atoms. The predicted molar refractivity (Wildman–Crippen MR) is 103 cm³/mol. The van der Waals surface area contributed by atoms with E-state index in [1.54, 1.807) is 19.9 Å². The zero-order chi connectivity index (χ0) is 19.6. The molecule has 0 radical (unpaired) electrons. The van der Waals surface area contributed by atoms with Crippen LogP contribution >= 0.6 is 0 Å². The summed E-state index contributed by atoms with van der Waals surface area (Å²) < 4.78 is 14.8. The number of halogens is 1. The Bertz CT molecular complexity index is 712. The van der Waals surface area contributed by atoms with Crippen LogP contribution in [0, 0.1) is 12.8 Å². The Kier molecular flexibility index (Phi) is 6.39. The number of nitrogens with zero attached hydrogens (tertiary/aromatic N) is 3. The van der Waals surface area contributed by atoms with Crippen LogP contribution in [0.5, 0.6) is 0 Å². The molecule has 26 heavy (non-hydrogen) atoms. The van der Waals surface area contributed by atoms with Gasteiger partial charge in [0.1, 0.15) is 5.67 Å². The van der Waals surface area contributed by atoms with Crippen LogP contribution in [0.25, 0.3) is 0 Å². The molecule has 2 atom stereocenters. The third kappa shape index (κ3) is 5.00. The van der Waals surface area contributed by atoms with Crippen molar-refractivity contribution >= 4 is 16.2 Å². The lowest BCUT2D eigenvalue weighted by atomic mass is 9.99. The summed E-state index contributed by atoms with van der Waals surface area (Å²) in [4.78, 5) is 26.4. The maximum absolute atomic E-state index is 13.6. The SMILES string of the molecule is Cc1cc(CCN2CC(C)(F)C2)nn([C@H](C(=O)O)C([SiH3])CC(C)C)c1=O. The molecule has 1 aromatic heterocycles. The average Bonchev–Trinajstić information content (AvgIpc) is 2.46. The average molecular weight is 384 g/mol. The molecule has 0 saturated carbocycles. The number of rotatable bonds is 8. The quantitative estimate of drug-likeness (QED) is 0.677. The van der Waals surface area contributed by atoms with Crippen LogP contribution in [0.15, 0.2) is 10.9 Å². The summed E-state index contributed by atoms with van der Waals surface area (Å²) in [5, 5.41) is 14.1. The summed E-state index contributed by atoms with van der Waals surface area (Å²) in [5.41, 5.74) is -0.355. The Morgan fingerprint density at radius 1 is 1.46 bits per heavy atom. The number of aryl methyl sites for hydroxylation is 1. The van der Waals surface area contributed by atoms with Gasteiger partial charge >= 0.3 is 5.97 Å². The molecule has 1 saturated heterocycles. The van der Waals surface area contributed by atoms with Gasteiger partial charge in [0.05, 0.1) is 5.69 Å². The van der Waals surface area contributed by atoms with Crippen LogP contribution in [0.4, 0.5) is 4.39 Å². The van der Waals surface area contributed by atoms with Gasteiger partial charge in [-0.2, -0.15) is 5.10 Å². The molecular weight excluding hydrogens is 353 g/mol. The van der Waals surface area contributed by atoms with Crippen molar-refractivity contribution in [3.63, 3.8) is 0 Å². The monoisotopic (exact) mass is 383 g/mol. The number of hydrogen-bond acceptors (Lipinski definition) is 4. The fourth-order valence-corrected chi connectivity index (χ4v) is 5.30. The largest absolute Gasteiger partial charge is 0.480 e. The normalized spacial score (nSPS) is 19.3. The van der Waals surface area contributed by atoms with Crippen molar-refractivity contribution in [3.8, 4) is 0 Å². The van der Waals surface area contributed by atoms with Gasteiger partial charge in [-0.15, -0.1) is 0 Å². The number of carbonyl (C=O) groups is 1. The van der Waals surface area contributed by atoms with Crippen molar-refractivity contribution in [2.24, 2.45) is 5.92 Å². The third-order valence-corrected chi connectivity index (χ3v) is 5.96. The molecule has 1 fully saturated rings. The molecule has 0 bridgehead atoms. The van der Waals surface area contributed by atoms with Crippen LogP contribution in [-0.4, -0.2) is 61.3 Å². The van der Waals surface area contributed by atoms with E-state index in [0.29, 0.717) is 53.5 Å². The first-order valence-electron chi connectivity index (χ1n) is 9.23. The minimum Gasteiger partial charge on any atom is -0.480 e. The van der Waals surface area contributed by atoms with E-state index in [-0.39, 0.29) is 11.1 Å². The molecule has 2 heterocycles. The van der Waals surface area contributed by atoms with Crippen molar-refractivity contribution in [1.29, 1.82) is 0 Å². The second kappa shape index (κ2) is 8.00. The zero-order valence-corrected chi connectivity index (χ0v) is 18.3. The van der Waals surface area contributed by atoms with Crippen LogP contribution in [-0.2, 0) is 11.2 Å². The van der Waals surface area contributed by atoms with E-state index in [4.69, 9.17) is 0 Å². The van der Waals surface area contributed by atoms with Gasteiger partial charge in [-0.25, -0.2) is 13.9 Å². The maximum atomic E-state index is 13.6. The second-order valence-electron chi connectivity index (χ2n) is 8.33. The van der Waals surface area contributed by atoms with Gasteiger partial charge in [-0.1, -0.05) is 13.8 Å². The molecule has 1 N–H and O–H groups in total. The molecule has 1 unspecified atom stereocenters. The smallest absolute Gasteiger partial charge is 0.328 e. The molecular formula is C18H30FN3O3Si. The Hall–Kier alpha value is -1.54. The van der Waals surface area contributed by atoms with Crippen LogP contribution in [0.1, 0.15) is 44.5 Å². The summed E-state index contributed by atoms with van der Waals surface area (Å²) in [6, 6.07) is 0.796.